The highest BCUT2D eigenvalue weighted by molar-refractivity contribution is 7.91. The molecule has 1 aliphatic heterocycles. The van der Waals surface area contributed by atoms with Gasteiger partial charge in [-0.1, -0.05) is 6.42 Å². The number of ether oxygens (including phenoxy) is 1. The maximum atomic E-state index is 12.4. The van der Waals surface area contributed by atoms with Crippen LogP contribution in [0.25, 0.3) is 0 Å². The van der Waals surface area contributed by atoms with Gasteiger partial charge in [-0.05, 0) is 43.7 Å². The summed E-state index contributed by atoms with van der Waals surface area (Å²) in [5, 5.41) is 3.32. The van der Waals surface area contributed by atoms with Crippen LogP contribution in [-0.2, 0) is 9.84 Å². The number of hydrogen-bond donors (Lipinski definition) is 1. The van der Waals surface area contributed by atoms with E-state index < -0.39 is 20.5 Å². The van der Waals surface area contributed by atoms with E-state index in [1.165, 1.54) is 12.1 Å². The molecule has 0 radical (unpaired) electrons. The smallest absolute Gasteiger partial charge is 0.341 e. The maximum Gasteiger partial charge on any atom is 0.341 e. The summed E-state index contributed by atoms with van der Waals surface area (Å²) < 4.78 is 52.7. The Hall–Kier alpha value is -1.21. The first-order chi connectivity index (χ1) is 9.50. The summed E-state index contributed by atoms with van der Waals surface area (Å²) in [7, 11) is -4.53. The SMILES string of the molecule is O=S(=O)(c1ccc(OCC2CCCCN2)cc1)C(F)F. The summed E-state index contributed by atoms with van der Waals surface area (Å²) in [6.45, 7) is 1.46. The van der Waals surface area contributed by atoms with E-state index in [0.717, 1.165) is 37.9 Å². The van der Waals surface area contributed by atoms with Crippen molar-refractivity contribution in [3.05, 3.63) is 24.3 Å². The third kappa shape index (κ3) is 3.67. The highest BCUT2D eigenvalue weighted by Crippen LogP contribution is 2.21. The van der Waals surface area contributed by atoms with Gasteiger partial charge in [-0.25, -0.2) is 8.42 Å². The molecule has 20 heavy (non-hydrogen) atoms. The van der Waals surface area contributed by atoms with Crippen LogP contribution in [0.2, 0.25) is 0 Å². The van der Waals surface area contributed by atoms with Crippen molar-refractivity contribution in [2.75, 3.05) is 13.2 Å². The lowest BCUT2D eigenvalue weighted by Gasteiger charge is -2.23. The Labute approximate surface area is 117 Å². The Bertz CT molecular complexity index is 525. The number of piperidine rings is 1. The minimum Gasteiger partial charge on any atom is -0.492 e. The molecule has 1 aromatic carbocycles. The molecular weight excluding hydrogens is 288 g/mol. The van der Waals surface area contributed by atoms with E-state index in [0.29, 0.717) is 12.4 Å². The number of hydrogen-bond acceptors (Lipinski definition) is 4. The van der Waals surface area contributed by atoms with Gasteiger partial charge in [0.15, 0.2) is 0 Å². The molecule has 112 valence electrons. The van der Waals surface area contributed by atoms with Crippen molar-refractivity contribution in [2.45, 2.75) is 36.0 Å². The maximum absolute atomic E-state index is 12.4. The molecule has 1 heterocycles. The molecule has 0 bridgehead atoms. The molecule has 7 heteroatoms. The van der Waals surface area contributed by atoms with Crippen molar-refractivity contribution < 1.29 is 21.9 Å². The monoisotopic (exact) mass is 305 g/mol. The second kappa shape index (κ2) is 6.49. The molecule has 0 aliphatic carbocycles. The highest BCUT2D eigenvalue weighted by Gasteiger charge is 2.26. The minimum atomic E-state index is -4.53. The third-order valence-electron chi connectivity index (χ3n) is 3.25. The number of halogens is 2. The highest BCUT2D eigenvalue weighted by atomic mass is 32.2. The van der Waals surface area contributed by atoms with Crippen LogP contribution in [0.3, 0.4) is 0 Å². The molecule has 0 amide bonds. The van der Waals surface area contributed by atoms with E-state index in [1.54, 1.807) is 0 Å². The number of rotatable bonds is 5. The van der Waals surface area contributed by atoms with Gasteiger partial charge in [0.2, 0.25) is 9.84 Å². The minimum absolute atomic E-state index is 0.285. The van der Waals surface area contributed by atoms with Crippen LogP contribution in [0.15, 0.2) is 29.2 Å². The molecule has 1 aromatic rings. The Kier molecular flexibility index (Phi) is 4.93. The topological polar surface area (TPSA) is 55.4 Å². The van der Waals surface area contributed by atoms with Crippen LogP contribution in [0, 0.1) is 0 Å². The zero-order chi connectivity index (χ0) is 14.6. The van der Waals surface area contributed by atoms with Gasteiger partial charge in [-0.2, -0.15) is 8.78 Å². The van der Waals surface area contributed by atoms with E-state index in [-0.39, 0.29) is 6.04 Å². The largest absolute Gasteiger partial charge is 0.492 e. The predicted molar refractivity (Wildman–Crippen MR) is 70.8 cm³/mol. The molecule has 1 saturated heterocycles. The fourth-order valence-electron chi connectivity index (χ4n) is 2.09. The molecule has 1 atom stereocenters. The molecular formula is C13H17F2NO3S. The molecule has 1 aliphatic rings. The molecule has 0 spiro atoms. The molecule has 0 aromatic heterocycles. The van der Waals surface area contributed by atoms with Gasteiger partial charge in [0.05, 0.1) is 4.90 Å². The van der Waals surface area contributed by atoms with Crippen molar-refractivity contribution in [3.63, 3.8) is 0 Å². The standard InChI is InChI=1S/C13H17F2NO3S/c14-13(15)20(17,18)12-6-4-11(5-7-12)19-9-10-3-1-2-8-16-10/h4-7,10,13,16H,1-3,8-9H2. The second-order valence-electron chi connectivity index (χ2n) is 4.73. The molecule has 0 saturated carbocycles. The molecule has 1 N–H and O–H groups in total. The van der Waals surface area contributed by atoms with E-state index in [4.69, 9.17) is 4.74 Å². The van der Waals surface area contributed by atoms with Crippen LogP contribution < -0.4 is 10.1 Å². The van der Waals surface area contributed by atoms with Crippen molar-refractivity contribution >= 4 is 9.84 Å². The number of benzene rings is 1. The Morgan fingerprint density at radius 2 is 1.95 bits per heavy atom. The first-order valence-electron chi connectivity index (χ1n) is 6.48. The average Bonchev–Trinajstić information content (AvgIpc) is 2.46. The summed E-state index contributed by atoms with van der Waals surface area (Å²) >= 11 is 0. The lowest BCUT2D eigenvalue weighted by Crippen LogP contribution is -2.38. The Balaban J connectivity index is 1.94. The summed E-state index contributed by atoms with van der Waals surface area (Å²) in [5.41, 5.74) is 0. The zero-order valence-electron chi connectivity index (χ0n) is 10.9. The molecule has 1 fully saturated rings. The van der Waals surface area contributed by atoms with Crippen molar-refractivity contribution in [2.24, 2.45) is 0 Å². The van der Waals surface area contributed by atoms with Crippen LogP contribution in [0.1, 0.15) is 19.3 Å². The Morgan fingerprint density at radius 3 is 2.50 bits per heavy atom. The van der Waals surface area contributed by atoms with Crippen LogP contribution >= 0.6 is 0 Å². The lowest BCUT2D eigenvalue weighted by molar-refractivity contribution is 0.234. The van der Waals surface area contributed by atoms with Crippen molar-refractivity contribution in [1.82, 2.24) is 5.32 Å². The van der Waals surface area contributed by atoms with Crippen molar-refractivity contribution in [1.29, 1.82) is 0 Å². The lowest BCUT2D eigenvalue weighted by atomic mass is 10.1. The van der Waals surface area contributed by atoms with Gasteiger partial charge in [0.25, 0.3) is 0 Å². The number of alkyl halides is 2. The van der Waals surface area contributed by atoms with Gasteiger partial charge in [-0.15, -0.1) is 0 Å². The number of nitrogens with one attached hydrogen (secondary N) is 1. The van der Waals surface area contributed by atoms with Gasteiger partial charge >= 0.3 is 5.76 Å². The first kappa shape index (κ1) is 15.2. The first-order valence-corrected chi connectivity index (χ1v) is 8.03. The second-order valence-corrected chi connectivity index (χ2v) is 6.65. The van der Waals surface area contributed by atoms with Crippen LogP contribution in [0.5, 0.6) is 5.75 Å². The van der Waals surface area contributed by atoms with Crippen LogP contribution in [-0.4, -0.2) is 33.4 Å². The van der Waals surface area contributed by atoms with E-state index in [1.807, 2.05) is 0 Å². The van der Waals surface area contributed by atoms with Gasteiger partial charge in [-0.3, -0.25) is 0 Å². The van der Waals surface area contributed by atoms with Gasteiger partial charge in [0, 0.05) is 6.04 Å². The average molecular weight is 305 g/mol. The van der Waals surface area contributed by atoms with Gasteiger partial charge < -0.3 is 10.1 Å². The molecule has 2 rings (SSSR count). The summed E-state index contributed by atoms with van der Waals surface area (Å²) in [5.74, 6) is -2.92. The quantitative estimate of drug-likeness (QED) is 0.906. The summed E-state index contributed by atoms with van der Waals surface area (Å²) in [6, 6.07) is 5.38. The normalized spacial score (nSPS) is 20.1. The predicted octanol–water partition coefficient (Wildman–Crippen LogP) is 2.20. The molecule has 4 nitrogen and oxygen atoms in total. The molecule has 1 unspecified atom stereocenters. The van der Waals surface area contributed by atoms with Gasteiger partial charge in [0.1, 0.15) is 12.4 Å². The number of sulfone groups is 1. The fourth-order valence-corrected chi connectivity index (χ4v) is 2.81. The van der Waals surface area contributed by atoms with E-state index >= 15 is 0 Å². The van der Waals surface area contributed by atoms with E-state index in [2.05, 4.69) is 5.32 Å². The zero-order valence-corrected chi connectivity index (χ0v) is 11.7. The van der Waals surface area contributed by atoms with Crippen LogP contribution in [0.4, 0.5) is 8.78 Å². The summed E-state index contributed by atoms with van der Waals surface area (Å²) in [4.78, 5) is -0.393. The Morgan fingerprint density at radius 1 is 1.25 bits per heavy atom. The fraction of sp³-hybridized carbons (Fsp3) is 0.538. The van der Waals surface area contributed by atoms with E-state index in [9.17, 15) is 17.2 Å². The van der Waals surface area contributed by atoms with Crippen molar-refractivity contribution in [3.8, 4) is 5.75 Å². The third-order valence-corrected chi connectivity index (χ3v) is 4.65. The summed E-state index contributed by atoms with van der Waals surface area (Å²) in [6.07, 6.45) is 3.36.